The Hall–Kier alpha value is -3.32. The summed E-state index contributed by atoms with van der Waals surface area (Å²) in [4.78, 5) is 33.4. The first-order valence-corrected chi connectivity index (χ1v) is 10.5. The smallest absolute Gasteiger partial charge is 0.415 e. The minimum atomic E-state index is -0.689. The number of rotatable bonds is 4. The summed E-state index contributed by atoms with van der Waals surface area (Å²) in [6.07, 6.45) is 5.54. The van der Waals surface area contributed by atoms with Crippen LogP contribution in [0.3, 0.4) is 0 Å². The highest BCUT2D eigenvalue weighted by Crippen LogP contribution is 2.36. The van der Waals surface area contributed by atoms with Gasteiger partial charge in [0.2, 0.25) is 0 Å². The van der Waals surface area contributed by atoms with Crippen molar-refractivity contribution in [3.63, 3.8) is 0 Å². The molecule has 1 spiro atoms. The fraction of sp³-hybridized carbons (Fsp3) is 0.261. The van der Waals surface area contributed by atoms with Gasteiger partial charge < -0.3 is 14.2 Å². The van der Waals surface area contributed by atoms with Crippen molar-refractivity contribution in [3.8, 4) is 0 Å². The summed E-state index contributed by atoms with van der Waals surface area (Å²) in [5, 5.41) is 0.609. The minimum absolute atomic E-state index is 0.0476. The van der Waals surface area contributed by atoms with Crippen LogP contribution in [0.4, 0.5) is 10.5 Å². The fourth-order valence-electron chi connectivity index (χ4n) is 4.29. The van der Waals surface area contributed by atoms with Crippen molar-refractivity contribution in [2.75, 3.05) is 24.5 Å². The first kappa shape index (κ1) is 19.6. The highest BCUT2D eigenvalue weighted by molar-refractivity contribution is 6.30. The zero-order valence-electron chi connectivity index (χ0n) is 16.8. The Morgan fingerprint density at radius 2 is 1.94 bits per heavy atom. The van der Waals surface area contributed by atoms with Gasteiger partial charge >= 0.3 is 6.09 Å². The zero-order valence-corrected chi connectivity index (χ0v) is 17.5. The predicted molar refractivity (Wildman–Crippen MR) is 116 cm³/mol. The molecule has 2 aliphatic rings. The van der Waals surface area contributed by atoms with E-state index in [-0.39, 0.29) is 5.91 Å². The Bertz CT molecular complexity index is 1120. The van der Waals surface area contributed by atoms with E-state index in [0.717, 1.165) is 11.3 Å². The van der Waals surface area contributed by atoms with Crippen molar-refractivity contribution in [2.45, 2.75) is 18.6 Å². The van der Waals surface area contributed by atoms with E-state index in [2.05, 4.69) is 4.98 Å². The molecule has 5 rings (SSSR count). The molecule has 2 aliphatic heterocycles. The fourth-order valence-corrected chi connectivity index (χ4v) is 4.41. The quantitative estimate of drug-likeness (QED) is 0.623. The molecule has 8 heteroatoms. The van der Waals surface area contributed by atoms with E-state index in [9.17, 15) is 9.59 Å². The van der Waals surface area contributed by atoms with Crippen LogP contribution < -0.4 is 4.90 Å². The third-order valence-electron chi connectivity index (χ3n) is 5.87. The van der Waals surface area contributed by atoms with E-state index in [4.69, 9.17) is 16.3 Å². The summed E-state index contributed by atoms with van der Waals surface area (Å²) in [5.74, 6) is -0.0476. The number of likely N-dealkylation sites (tertiary alicyclic amines) is 1. The number of amides is 2. The molecule has 2 amide bonds. The van der Waals surface area contributed by atoms with Gasteiger partial charge in [0.15, 0.2) is 5.60 Å². The average Bonchev–Trinajstić information content (AvgIpc) is 3.50. The van der Waals surface area contributed by atoms with Crippen LogP contribution in [0.5, 0.6) is 0 Å². The third kappa shape index (κ3) is 3.77. The Balaban J connectivity index is 1.33. The SMILES string of the molecule is O=C(c1ccccc1Cn1ccnc1)N1CCC2(C1)CN(c1ccc(Cl)cc1)C(=O)O2. The number of halogens is 1. The van der Waals surface area contributed by atoms with Crippen molar-refractivity contribution in [1.29, 1.82) is 0 Å². The molecule has 2 fully saturated rings. The number of benzene rings is 2. The van der Waals surface area contributed by atoms with Crippen molar-refractivity contribution in [2.24, 2.45) is 0 Å². The van der Waals surface area contributed by atoms with Gasteiger partial charge in [0.25, 0.3) is 5.91 Å². The molecule has 3 aromatic rings. The summed E-state index contributed by atoms with van der Waals surface area (Å²) >= 11 is 5.96. The molecule has 0 saturated carbocycles. The van der Waals surface area contributed by atoms with Crippen molar-refractivity contribution >= 4 is 29.3 Å². The van der Waals surface area contributed by atoms with Crippen LogP contribution in [0.1, 0.15) is 22.3 Å². The van der Waals surface area contributed by atoms with Gasteiger partial charge in [-0.25, -0.2) is 9.78 Å². The van der Waals surface area contributed by atoms with Crippen LogP contribution in [-0.4, -0.2) is 51.7 Å². The van der Waals surface area contributed by atoms with E-state index in [1.54, 1.807) is 46.6 Å². The molecule has 158 valence electrons. The van der Waals surface area contributed by atoms with Crippen LogP contribution in [0.25, 0.3) is 0 Å². The minimum Gasteiger partial charge on any atom is -0.439 e. The van der Waals surface area contributed by atoms with Crippen LogP contribution >= 0.6 is 11.6 Å². The first-order valence-electron chi connectivity index (χ1n) is 10.1. The van der Waals surface area contributed by atoms with Gasteiger partial charge in [0.1, 0.15) is 0 Å². The van der Waals surface area contributed by atoms with Crippen molar-refractivity contribution in [1.82, 2.24) is 14.5 Å². The van der Waals surface area contributed by atoms with Crippen LogP contribution in [0.15, 0.2) is 67.3 Å². The summed E-state index contributed by atoms with van der Waals surface area (Å²) < 4.78 is 7.72. The number of nitrogens with zero attached hydrogens (tertiary/aromatic N) is 4. The number of ether oxygens (including phenoxy) is 1. The number of carbonyl (C=O) groups is 2. The summed E-state index contributed by atoms with van der Waals surface area (Å²) in [7, 11) is 0. The Morgan fingerprint density at radius 1 is 1.13 bits per heavy atom. The molecule has 2 aromatic carbocycles. The molecule has 1 unspecified atom stereocenters. The second-order valence-electron chi connectivity index (χ2n) is 7.98. The summed E-state index contributed by atoms with van der Waals surface area (Å²) in [6.45, 7) is 1.90. The molecular formula is C23H21ClN4O3. The second-order valence-corrected chi connectivity index (χ2v) is 8.42. The maximum Gasteiger partial charge on any atom is 0.415 e. The topological polar surface area (TPSA) is 67.7 Å². The molecule has 3 heterocycles. The molecule has 0 bridgehead atoms. The standard InChI is InChI=1S/C23H21ClN4O3/c24-18-5-7-19(8-6-18)28-15-23(31-22(28)30)9-11-27(14-23)21(29)20-4-2-1-3-17(20)13-26-12-10-25-16-26/h1-8,10,12,16H,9,11,13-15H2. The number of carbonyl (C=O) groups excluding carboxylic acids is 2. The van der Waals surface area contributed by atoms with Gasteiger partial charge in [0.05, 0.1) is 19.4 Å². The lowest BCUT2D eigenvalue weighted by atomic mass is 10.0. The van der Waals surface area contributed by atoms with Gasteiger partial charge in [-0.05, 0) is 35.9 Å². The van der Waals surface area contributed by atoms with E-state index in [1.165, 1.54) is 0 Å². The summed E-state index contributed by atoms with van der Waals surface area (Å²) in [5.41, 5.74) is 1.64. The van der Waals surface area contributed by atoms with Gasteiger partial charge in [-0.1, -0.05) is 29.8 Å². The van der Waals surface area contributed by atoms with Crippen LogP contribution in [0, 0.1) is 0 Å². The molecule has 1 atom stereocenters. The molecular weight excluding hydrogens is 416 g/mol. The molecule has 1 aromatic heterocycles. The number of anilines is 1. The molecule has 0 radical (unpaired) electrons. The van der Waals surface area contributed by atoms with Gasteiger partial charge in [-0.15, -0.1) is 0 Å². The van der Waals surface area contributed by atoms with Crippen LogP contribution in [-0.2, 0) is 11.3 Å². The maximum atomic E-state index is 13.3. The molecule has 0 aliphatic carbocycles. The summed E-state index contributed by atoms with van der Waals surface area (Å²) in [6, 6.07) is 14.7. The average molecular weight is 437 g/mol. The van der Waals surface area contributed by atoms with Crippen molar-refractivity contribution in [3.05, 3.63) is 83.4 Å². The predicted octanol–water partition coefficient (Wildman–Crippen LogP) is 3.83. The molecule has 7 nitrogen and oxygen atoms in total. The largest absolute Gasteiger partial charge is 0.439 e. The van der Waals surface area contributed by atoms with E-state index < -0.39 is 11.7 Å². The van der Waals surface area contributed by atoms with E-state index >= 15 is 0 Å². The molecule has 2 saturated heterocycles. The zero-order chi connectivity index (χ0) is 21.4. The van der Waals surface area contributed by atoms with Gasteiger partial charge in [0, 0.05) is 48.2 Å². The number of hydrogen-bond donors (Lipinski definition) is 0. The molecule has 0 N–H and O–H groups in total. The van der Waals surface area contributed by atoms with E-state index in [0.29, 0.717) is 43.2 Å². The Labute approximate surface area is 184 Å². The first-order chi connectivity index (χ1) is 15.0. The lowest BCUT2D eigenvalue weighted by molar-refractivity contribution is 0.0553. The normalized spacial score (nSPS) is 20.5. The lowest BCUT2D eigenvalue weighted by Crippen LogP contribution is -2.39. The highest BCUT2D eigenvalue weighted by atomic mass is 35.5. The molecule has 31 heavy (non-hydrogen) atoms. The number of imidazole rings is 1. The van der Waals surface area contributed by atoms with Gasteiger partial charge in [-0.3, -0.25) is 9.69 Å². The van der Waals surface area contributed by atoms with Crippen LogP contribution in [0.2, 0.25) is 5.02 Å². The van der Waals surface area contributed by atoms with Gasteiger partial charge in [-0.2, -0.15) is 0 Å². The maximum absolute atomic E-state index is 13.3. The Kier molecular flexibility index (Phi) is 4.90. The third-order valence-corrected chi connectivity index (χ3v) is 6.12. The second kappa shape index (κ2) is 7.74. The number of aromatic nitrogens is 2. The van der Waals surface area contributed by atoms with Crippen molar-refractivity contribution < 1.29 is 14.3 Å². The number of hydrogen-bond acceptors (Lipinski definition) is 4. The Morgan fingerprint density at radius 3 is 2.71 bits per heavy atom. The monoisotopic (exact) mass is 436 g/mol. The highest BCUT2D eigenvalue weighted by Gasteiger charge is 2.51. The lowest BCUT2D eigenvalue weighted by Gasteiger charge is -2.23. The van der Waals surface area contributed by atoms with E-state index in [1.807, 2.05) is 35.0 Å².